The number of rotatable bonds is 8. The molecule has 1 aromatic heterocycles. The number of methoxy groups -OCH3 is 1. The summed E-state index contributed by atoms with van der Waals surface area (Å²) in [7, 11) is 1.71. The van der Waals surface area contributed by atoms with Gasteiger partial charge in [-0.15, -0.1) is 0 Å². The normalized spacial score (nSPS) is 10.3. The van der Waals surface area contributed by atoms with Crippen molar-refractivity contribution in [2.75, 3.05) is 20.3 Å². The van der Waals surface area contributed by atoms with Crippen LogP contribution in [0.15, 0.2) is 54.9 Å². The molecular weight excluding hydrogens is 306 g/mol. The van der Waals surface area contributed by atoms with Gasteiger partial charge in [-0.2, -0.15) is 0 Å². The second-order valence-electron chi connectivity index (χ2n) is 5.28. The molecule has 0 fully saturated rings. The average Bonchev–Trinajstić information content (AvgIpc) is 2.60. The number of aromatic nitrogens is 1. The highest BCUT2D eigenvalue weighted by Gasteiger charge is 2.11. The Morgan fingerprint density at radius 3 is 2.39 bits per heavy atom. The number of nitrogens with zero attached hydrogens (tertiary/aromatic N) is 2. The molecule has 1 heterocycles. The Bertz CT molecular complexity index is 536. The lowest BCUT2D eigenvalue weighted by atomic mass is 10.2. The van der Waals surface area contributed by atoms with Crippen LogP contribution in [0.3, 0.4) is 0 Å². The van der Waals surface area contributed by atoms with E-state index in [1.807, 2.05) is 30.6 Å². The van der Waals surface area contributed by atoms with Gasteiger partial charge in [-0.3, -0.25) is 4.98 Å². The van der Waals surface area contributed by atoms with Gasteiger partial charge in [0.15, 0.2) is 5.11 Å². The largest absolute Gasteiger partial charge is 0.385 e. The van der Waals surface area contributed by atoms with Gasteiger partial charge < -0.3 is 15.0 Å². The number of benzene rings is 1. The minimum absolute atomic E-state index is 0.735. The lowest BCUT2D eigenvalue weighted by molar-refractivity contribution is 0.195. The Labute approximate surface area is 143 Å². The Morgan fingerprint density at radius 2 is 1.74 bits per heavy atom. The maximum atomic E-state index is 5.58. The van der Waals surface area contributed by atoms with Gasteiger partial charge >= 0.3 is 0 Å². The van der Waals surface area contributed by atoms with Crippen LogP contribution in [0.2, 0.25) is 0 Å². The van der Waals surface area contributed by atoms with Gasteiger partial charge in [0.2, 0.25) is 0 Å². The highest BCUT2D eigenvalue weighted by atomic mass is 32.1. The third kappa shape index (κ3) is 6.34. The topological polar surface area (TPSA) is 37.4 Å². The van der Waals surface area contributed by atoms with Crippen molar-refractivity contribution >= 4 is 17.3 Å². The summed E-state index contributed by atoms with van der Waals surface area (Å²) < 4.78 is 5.07. The van der Waals surface area contributed by atoms with Crippen LogP contribution < -0.4 is 5.32 Å². The van der Waals surface area contributed by atoms with E-state index in [0.717, 1.165) is 37.8 Å². The van der Waals surface area contributed by atoms with Crippen molar-refractivity contribution in [3.8, 4) is 0 Å². The van der Waals surface area contributed by atoms with Crippen LogP contribution in [-0.4, -0.2) is 35.3 Å². The van der Waals surface area contributed by atoms with E-state index in [4.69, 9.17) is 17.0 Å². The SMILES string of the molecule is COCCCNC(=S)N(Cc1ccccc1)Cc1ccncc1. The smallest absolute Gasteiger partial charge is 0.169 e. The van der Waals surface area contributed by atoms with E-state index in [0.29, 0.717) is 0 Å². The number of ether oxygens (including phenoxy) is 1. The summed E-state index contributed by atoms with van der Waals surface area (Å²) in [6.45, 7) is 3.08. The highest BCUT2D eigenvalue weighted by Crippen LogP contribution is 2.10. The first kappa shape index (κ1) is 17.4. The molecule has 0 amide bonds. The van der Waals surface area contributed by atoms with Crippen LogP contribution in [-0.2, 0) is 17.8 Å². The molecule has 0 atom stereocenters. The van der Waals surface area contributed by atoms with E-state index >= 15 is 0 Å². The number of thiocarbonyl (C=S) groups is 1. The first-order valence-electron chi connectivity index (χ1n) is 7.74. The van der Waals surface area contributed by atoms with Crippen LogP contribution >= 0.6 is 12.2 Å². The van der Waals surface area contributed by atoms with E-state index in [2.05, 4.69) is 39.5 Å². The summed E-state index contributed by atoms with van der Waals surface area (Å²) in [6.07, 6.45) is 4.56. The van der Waals surface area contributed by atoms with Crippen molar-refractivity contribution in [3.63, 3.8) is 0 Å². The van der Waals surface area contributed by atoms with Crippen LogP contribution in [0.25, 0.3) is 0 Å². The van der Waals surface area contributed by atoms with Crippen molar-refractivity contribution in [2.45, 2.75) is 19.5 Å². The average molecular weight is 329 g/mol. The Morgan fingerprint density at radius 1 is 1.09 bits per heavy atom. The summed E-state index contributed by atoms with van der Waals surface area (Å²) in [4.78, 5) is 6.24. The van der Waals surface area contributed by atoms with E-state index in [9.17, 15) is 0 Å². The van der Waals surface area contributed by atoms with Crippen molar-refractivity contribution < 1.29 is 4.74 Å². The van der Waals surface area contributed by atoms with E-state index < -0.39 is 0 Å². The van der Waals surface area contributed by atoms with E-state index in [1.165, 1.54) is 11.1 Å². The zero-order chi connectivity index (χ0) is 16.3. The first-order chi connectivity index (χ1) is 11.3. The number of hydrogen-bond donors (Lipinski definition) is 1. The molecule has 0 aliphatic heterocycles. The fourth-order valence-electron chi connectivity index (χ4n) is 2.24. The Kier molecular flexibility index (Phi) is 7.49. The van der Waals surface area contributed by atoms with Crippen LogP contribution in [0.5, 0.6) is 0 Å². The summed E-state index contributed by atoms with van der Waals surface area (Å²) in [5.41, 5.74) is 2.43. The molecule has 1 N–H and O–H groups in total. The lowest BCUT2D eigenvalue weighted by Crippen LogP contribution is -2.39. The zero-order valence-electron chi connectivity index (χ0n) is 13.4. The fourth-order valence-corrected chi connectivity index (χ4v) is 2.47. The molecule has 2 rings (SSSR count). The predicted octanol–water partition coefficient (Wildman–Crippen LogP) is 2.99. The summed E-state index contributed by atoms with van der Waals surface area (Å²) in [6, 6.07) is 14.4. The molecule has 2 aromatic rings. The molecule has 122 valence electrons. The van der Waals surface area contributed by atoms with Gasteiger partial charge in [0.1, 0.15) is 0 Å². The summed E-state index contributed by atoms with van der Waals surface area (Å²) >= 11 is 5.58. The predicted molar refractivity (Wildman–Crippen MR) is 97.0 cm³/mol. The van der Waals surface area contributed by atoms with Gasteiger partial charge in [-0.25, -0.2) is 0 Å². The maximum absolute atomic E-state index is 5.58. The first-order valence-corrected chi connectivity index (χ1v) is 8.15. The molecule has 0 radical (unpaired) electrons. The lowest BCUT2D eigenvalue weighted by Gasteiger charge is -2.26. The molecule has 5 heteroatoms. The zero-order valence-corrected chi connectivity index (χ0v) is 14.3. The highest BCUT2D eigenvalue weighted by molar-refractivity contribution is 7.80. The number of hydrogen-bond acceptors (Lipinski definition) is 3. The summed E-state index contributed by atoms with van der Waals surface area (Å²) in [5, 5.41) is 4.09. The quantitative estimate of drug-likeness (QED) is 0.595. The number of nitrogens with one attached hydrogen (secondary N) is 1. The van der Waals surface area contributed by atoms with Crippen LogP contribution in [0, 0.1) is 0 Å². The van der Waals surface area contributed by atoms with E-state index in [-0.39, 0.29) is 0 Å². The van der Waals surface area contributed by atoms with Gasteiger partial charge in [-0.05, 0) is 41.9 Å². The Hall–Kier alpha value is -1.98. The molecule has 4 nitrogen and oxygen atoms in total. The van der Waals surface area contributed by atoms with Crippen molar-refractivity contribution in [3.05, 3.63) is 66.0 Å². The molecule has 0 aliphatic carbocycles. The summed E-state index contributed by atoms with van der Waals surface area (Å²) in [5.74, 6) is 0. The molecule has 1 aromatic carbocycles. The van der Waals surface area contributed by atoms with Gasteiger partial charge in [0.25, 0.3) is 0 Å². The fraction of sp³-hybridized carbons (Fsp3) is 0.333. The van der Waals surface area contributed by atoms with Crippen LogP contribution in [0.1, 0.15) is 17.5 Å². The Balaban J connectivity index is 2.00. The molecule has 0 spiro atoms. The molecule has 0 unspecified atom stereocenters. The molecule has 0 bridgehead atoms. The minimum Gasteiger partial charge on any atom is -0.385 e. The van der Waals surface area contributed by atoms with E-state index in [1.54, 1.807) is 7.11 Å². The van der Waals surface area contributed by atoms with Gasteiger partial charge in [0, 0.05) is 45.7 Å². The van der Waals surface area contributed by atoms with Crippen molar-refractivity contribution in [1.29, 1.82) is 0 Å². The molecule has 0 saturated carbocycles. The monoisotopic (exact) mass is 329 g/mol. The third-order valence-electron chi connectivity index (χ3n) is 3.43. The van der Waals surface area contributed by atoms with Crippen molar-refractivity contribution in [2.24, 2.45) is 0 Å². The van der Waals surface area contributed by atoms with Crippen LogP contribution in [0.4, 0.5) is 0 Å². The molecule has 0 saturated heterocycles. The second kappa shape index (κ2) is 9.92. The van der Waals surface area contributed by atoms with Gasteiger partial charge in [-0.1, -0.05) is 30.3 Å². The third-order valence-corrected chi connectivity index (χ3v) is 3.83. The van der Waals surface area contributed by atoms with Crippen molar-refractivity contribution in [1.82, 2.24) is 15.2 Å². The minimum atomic E-state index is 0.735. The molecule has 23 heavy (non-hydrogen) atoms. The maximum Gasteiger partial charge on any atom is 0.169 e. The second-order valence-corrected chi connectivity index (χ2v) is 5.66. The number of pyridine rings is 1. The molecule has 0 aliphatic rings. The molecular formula is C18H23N3OS. The standard InChI is InChI=1S/C18H23N3OS/c1-22-13-5-10-20-18(23)21(14-16-6-3-2-4-7-16)15-17-8-11-19-12-9-17/h2-4,6-9,11-12H,5,10,13-15H2,1H3,(H,20,23). The van der Waals surface area contributed by atoms with Gasteiger partial charge in [0.05, 0.1) is 0 Å².